The van der Waals surface area contributed by atoms with E-state index in [-0.39, 0.29) is 12.5 Å². The van der Waals surface area contributed by atoms with Gasteiger partial charge in [0, 0.05) is 18.0 Å². The molecule has 0 aliphatic heterocycles. The van der Waals surface area contributed by atoms with Crippen molar-refractivity contribution in [3.8, 4) is 0 Å². The monoisotopic (exact) mass is 222 g/mol. The molecular formula is C9H15ClO4. The number of hydrogen-bond acceptors (Lipinski definition) is 3. The summed E-state index contributed by atoms with van der Waals surface area (Å²) in [4.78, 5) is 20.5. The van der Waals surface area contributed by atoms with Gasteiger partial charge in [-0.25, -0.2) is 4.79 Å². The number of halogens is 1. The van der Waals surface area contributed by atoms with E-state index in [1.54, 1.807) is 6.92 Å². The topological polar surface area (TPSA) is 63.6 Å². The normalized spacial score (nSPS) is 12.1. The van der Waals surface area contributed by atoms with Crippen LogP contribution in [-0.4, -0.2) is 22.6 Å². The van der Waals surface area contributed by atoms with Gasteiger partial charge in [-0.05, 0) is 26.2 Å². The van der Waals surface area contributed by atoms with Crippen molar-refractivity contribution < 1.29 is 19.4 Å². The molecule has 1 atom stereocenters. The Balaban J connectivity index is 3.27. The maximum Gasteiger partial charge on any atom is 0.404 e. The number of unbranched alkanes of at least 4 members (excludes halogenated alkanes) is 2. The molecule has 0 heterocycles. The largest absolute Gasteiger partial charge is 0.481 e. The van der Waals surface area contributed by atoms with E-state index in [2.05, 4.69) is 4.74 Å². The van der Waals surface area contributed by atoms with E-state index in [1.165, 1.54) is 0 Å². The lowest BCUT2D eigenvalue weighted by atomic mass is 10.1. The molecule has 0 saturated heterocycles. The summed E-state index contributed by atoms with van der Waals surface area (Å²) >= 11 is 5.02. The molecule has 0 fully saturated rings. The average Bonchev–Trinajstić information content (AvgIpc) is 2.01. The van der Waals surface area contributed by atoms with Crippen molar-refractivity contribution in [3.05, 3.63) is 0 Å². The summed E-state index contributed by atoms with van der Waals surface area (Å²) in [6.07, 6.45) is 3.07. The predicted molar refractivity (Wildman–Crippen MR) is 52.5 cm³/mol. The molecule has 14 heavy (non-hydrogen) atoms. The summed E-state index contributed by atoms with van der Waals surface area (Å²) in [7, 11) is 0. The number of hydrogen-bond donors (Lipinski definition) is 1. The number of carbonyl (C=O) groups is 2. The Kier molecular flexibility index (Phi) is 7.20. The lowest BCUT2D eigenvalue weighted by Crippen LogP contribution is -2.09. The van der Waals surface area contributed by atoms with Gasteiger partial charge >= 0.3 is 11.4 Å². The molecule has 0 saturated carbocycles. The summed E-state index contributed by atoms with van der Waals surface area (Å²) in [6.45, 7) is 1.76. The number of carboxylic acid groups (broad SMARTS) is 1. The highest BCUT2D eigenvalue weighted by molar-refractivity contribution is 6.61. The first-order chi connectivity index (χ1) is 6.52. The van der Waals surface area contributed by atoms with Gasteiger partial charge in [0.25, 0.3) is 0 Å². The van der Waals surface area contributed by atoms with Crippen LogP contribution in [0, 0.1) is 0 Å². The van der Waals surface area contributed by atoms with Crippen molar-refractivity contribution in [2.24, 2.45) is 0 Å². The van der Waals surface area contributed by atoms with Crippen LogP contribution in [0.1, 0.15) is 39.0 Å². The molecule has 5 heteroatoms. The van der Waals surface area contributed by atoms with E-state index in [0.717, 1.165) is 19.3 Å². The quantitative estimate of drug-likeness (QED) is 0.531. The van der Waals surface area contributed by atoms with Gasteiger partial charge in [-0.1, -0.05) is 6.42 Å². The Hall–Kier alpha value is -0.770. The molecule has 0 unspecified atom stereocenters. The minimum Gasteiger partial charge on any atom is -0.481 e. The maximum absolute atomic E-state index is 10.3. The number of carbonyl (C=O) groups excluding carboxylic acids is 1. The van der Waals surface area contributed by atoms with E-state index in [4.69, 9.17) is 16.7 Å². The van der Waals surface area contributed by atoms with E-state index in [1.807, 2.05) is 0 Å². The maximum atomic E-state index is 10.3. The highest BCUT2D eigenvalue weighted by Crippen LogP contribution is 2.09. The third-order valence-electron chi connectivity index (χ3n) is 1.80. The molecule has 82 valence electrons. The molecule has 1 N–H and O–H groups in total. The van der Waals surface area contributed by atoms with E-state index < -0.39 is 11.4 Å². The van der Waals surface area contributed by atoms with Crippen molar-refractivity contribution in [3.63, 3.8) is 0 Å². The average molecular weight is 223 g/mol. The van der Waals surface area contributed by atoms with Gasteiger partial charge in [-0.2, -0.15) is 0 Å². The molecule has 0 bridgehead atoms. The first-order valence-electron chi connectivity index (χ1n) is 4.60. The van der Waals surface area contributed by atoms with E-state index in [0.29, 0.717) is 6.42 Å². The highest BCUT2D eigenvalue weighted by atomic mass is 35.5. The van der Waals surface area contributed by atoms with Crippen LogP contribution in [0.4, 0.5) is 4.79 Å². The molecule has 0 amide bonds. The second-order valence-corrected chi connectivity index (χ2v) is 3.47. The summed E-state index contributed by atoms with van der Waals surface area (Å²) in [5, 5.41) is 8.35. The smallest absolute Gasteiger partial charge is 0.404 e. The van der Waals surface area contributed by atoms with E-state index in [9.17, 15) is 9.59 Å². The zero-order chi connectivity index (χ0) is 11.0. The SMILES string of the molecule is C[C@H](CCCCCC(=O)O)OC(=O)Cl. The van der Waals surface area contributed by atoms with Gasteiger partial charge < -0.3 is 9.84 Å². The first kappa shape index (κ1) is 13.2. The van der Waals surface area contributed by atoms with E-state index >= 15 is 0 Å². The number of ether oxygens (including phenoxy) is 1. The summed E-state index contributed by atoms with van der Waals surface area (Å²) in [5.74, 6) is -0.773. The fourth-order valence-corrected chi connectivity index (χ4v) is 1.25. The Morgan fingerprint density at radius 1 is 1.36 bits per heavy atom. The van der Waals surface area contributed by atoms with Crippen LogP contribution < -0.4 is 0 Å². The highest BCUT2D eigenvalue weighted by Gasteiger charge is 2.06. The third-order valence-corrected chi connectivity index (χ3v) is 1.88. The molecule has 0 spiro atoms. The summed E-state index contributed by atoms with van der Waals surface area (Å²) < 4.78 is 4.69. The molecule has 0 aliphatic rings. The Labute approximate surface area is 88.2 Å². The second kappa shape index (κ2) is 7.62. The fraction of sp³-hybridized carbons (Fsp3) is 0.778. The van der Waals surface area contributed by atoms with Crippen LogP contribution in [0.15, 0.2) is 0 Å². The van der Waals surface area contributed by atoms with Crippen LogP contribution in [0.3, 0.4) is 0 Å². The van der Waals surface area contributed by atoms with Gasteiger partial charge in [0.2, 0.25) is 0 Å². The zero-order valence-corrected chi connectivity index (χ0v) is 8.92. The molecule has 0 aromatic heterocycles. The standard InChI is InChI=1S/C9H15ClO4/c1-7(14-9(10)13)5-3-2-4-6-8(11)12/h7H,2-6H2,1H3,(H,11,12)/t7-/m1/s1. The van der Waals surface area contributed by atoms with Crippen LogP contribution >= 0.6 is 11.6 Å². The minimum atomic E-state index is -0.789. The summed E-state index contributed by atoms with van der Waals surface area (Å²) in [6, 6.07) is 0. The van der Waals surface area contributed by atoms with Crippen LogP contribution in [0.2, 0.25) is 0 Å². The van der Waals surface area contributed by atoms with Crippen molar-refractivity contribution in [1.82, 2.24) is 0 Å². The number of aliphatic carboxylic acids is 1. The third kappa shape index (κ3) is 9.32. The van der Waals surface area contributed by atoms with Gasteiger partial charge in [-0.3, -0.25) is 4.79 Å². The molecule has 0 aromatic carbocycles. The van der Waals surface area contributed by atoms with Crippen molar-refractivity contribution >= 4 is 23.0 Å². The lowest BCUT2D eigenvalue weighted by molar-refractivity contribution is -0.137. The lowest BCUT2D eigenvalue weighted by Gasteiger charge is -2.09. The summed E-state index contributed by atoms with van der Waals surface area (Å²) in [5.41, 5.74) is -0.789. The Bertz CT molecular complexity index is 193. The Morgan fingerprint density at radius 3 is 2.50 bits per heavy atom. The van der Waals surface area contributed by atoms with Gasteiger partial charge in [0.15, 0.2) is 0 Å². The van der Waals surface area contributed by atoms with Crippen LogP contribution in [-0.2, 0) is 9.53 Å². The number of rotatable bonds is 7. The Morgan fingerprint density at radius 2 is 2.00 bits per heavy atom. The van der Waals surface area contributed by atoms with Gasteiger partial charge in [0.05, 0.1) is 0 Å². The molecule has 0 radical (unpaired) electrons. The molecule has 0 rings (SSSR count). The van der Waals surface area contributed by atoms with Crippen molar-refractivity contribution in [1.29, 1.82) is 0 Å². The van der Waals surface area contributed by atoms with Crippen molar-refractivity contribution in [2.45, 2.75) is 45.1 Å². The molecule has 0 aromatic rings. The minimum absolute atomic E-state index is 0.190. The van der Waals surface area contributed by atoms with Crippen LogP contribution in [0.25, 0.3) is 0 Å². The predicted octanol–water partition coefficient (Wildman–Crippen LogP) is 2.79. The van der Waals surface area contributed by atoms with Crippen LogP contribution in [0.5, 0.6) is 0 Å². The molecular weight excluding hydrogens is 208 g/mol. The van der Waals surface area contributed by atoms with Gasteiger partial charge in [0.1, 0.15) is 6.10 Å². The first-order valence-corrected chi connectivity index (χ1v) is 4.98. The second-order valence-electron chi connectivity index (χ2n) is 3.16. The zero-order valence-electron chi connectivity index (χ0n) is 8.16. The van der Waals surface area contributed by atoms with Gasteiger partial charge in [-0.15, -0.1) is 0 Å². The number of carboxylic acids is 1. The fourth-order valence-electron chi connectivity index (χ4n) is 1.10. The van der Waals surface area contributed by atoms with Crippen molar-refractivity contribution in [2.75, 3.05) is 0 Å². The molecule has 4 nitrogen and oxygen atoms in total. The molecule has 0 aliphatic carbocycles.